The second kappa shape index (κ2) is 5.48. The molecule has 0 atom stereocenters. The first-order valence-corrected chi connectivity index (χ1v) is 6.41. The molecule has 0 saturated heterocycles. The van der Waals surface area contributed by atoms with Crippen molar-refractivity contribution in [3.63, 3.8) is 0 Å². The molecule has 18 heavy (non-hydrogen) atoms. The first-order chi connectivity index (χ1) is 8.70. The van der Waals surface area contributed by atoms with Gasteiger partial charge in [0.15, 0.2) is 0 Å². The molecule has 1 heterocycles. The van der Waals surface area contributed by atoms with E-state index < -0.39 is 0 Å². The van der Waals surface area contributed by atoms with Crippen LogP contribution in [0.1, 0.15) is 21.5 Å². The van der Waals surface area contributed by atoms with E-state index in [1.54, 1.807) is 47.5 Å². The first kappa shape index (κ1) is 12.3. The molecule has 3 nitrogen and oxygen atoms in total. The number of amides is 1. The number of carbonyl (C=O) groups excluding carboxylic acids is 1. The van der Waals surface area contributed by atoms with Gasteiger partial charge in [-0.15, -0.1) is 0 Å². The lowest BCUT2D eigenvalue weighted by molar-refractivity contribution is 0.0785. The van der Waals surface area contributed by atoms with Crippen LogP contribution in [0, 0.1) is 11.3 Å². The van der Waals surface area contributed by atoms with E-state index in [2.05, 4.69) is 0 Å². The molecule has 0 fully saturated rings. The highest BCUT2D eigenvalue weighted by Gasteiger charge is 2.11. The molecular formula is C14H12N2OS. The molecule has 2 aromatic rings. The molecule has 0 bridgehead atoms. The maximum atomic E-state index is 12.1. The van der Waals surface area contributed by atoms with Crippen LogP contribution in [0.3, 0.4) is 0 Å². The molecule has 0 aliphatic carbocycles. The summed E-state index contributed by atoms with van der Waals surface area (Å²) < 4.78 is 0. The number of nitrogens with zero attached hydrogens (tertiary/aromatic N) is 2. The van der Waals surface area contributed by atoms with Gasteiger partial charge in [0, 0.05) is 19.2 Å². The zero-order valence-electron chi connectivity index (χ0n) is 9.96. The monoisotopic (exact) mass is 256 g/mol. The Labute approximate surface area is 110 Å². The lowest BCUT2D eigenvalue weighted by Crippen LogP contribution is -2.25. The van der Waals surface area contributed by atoms with Gasteiger partial charge in [-0.2, -0.15) is 16.6 Å². The number of nitriles is 1. The summed E-state index contributed by atoms with van der Waals surface area (Å²) in [5.41, 5.74) is 2.29. The Morgan fingerprint density at radius 3 is 2.61 bits per heavy atom. The average molecular weight is 256 g/mol. The van der Waals surface area contributed by atoms with Gasteiger partial charge < -0.3 is 4.90 Å². The molecule has 1 amide bonds. The van der Waals surface area contributed by atoms with Gasteiger partial charge >= 0.3 is 0 Å². The van der Waals surface area contributed by atoms with E-state index in [0.717, 1.165) is 5.56 Å². The highest BCUT2D eigenvalue weighted by atomic mass is 32.1. The second-order valence-electron chi connectivity index (χ2n) is 3.98. The minimum atomic E-state index is -0.0364. The molecule has 4 heteroatoms. The van der Waals surface area contributed by atoms with Gasteiger partial charge in [0.25, 0.3) is 5.91 Å². The van der Waals surface area contributed by atoms with Gasteiger partial charge in [-0.25, -0.2) is 0 Å². The van der Waals surface area contributed by atoms with Crippen molar-refractivity contribution in [3.8, 4) is 6.07 Å². The third kappa shape index (κ3) is 2.76. The molecule has 0 unspecified atom stereocenters. The SMILES string of the molecule is CN(Cc1ccsc1)C(=O)c1ccc(C#N)cc1. The number of carbonyl (C=O) groups is 1. The average Bonchev–Trinajstić information content (AvgIpc) is 2.91. The van der Waals surface area contributed by atoms with E-state index in [9.17, 15) is 4.79 Å². The predicted molar refractivity (Wildman–Crippen MR) is 71.3 cm³/mol. The van der Waals surface area contributed by atoms with Crippen LogP contribution in [0.25, 0.3) is 0 Å². The van der Waals surface area contributed by atoms with E-state index in [1.165, 1.54) is 0 Å². The van der Waals surface area contributed by atoms with Gasteiger partial charge in [0.05, 0.1) is 11.6 Å². The summed E-state index contributed by atoms with van der Waals surface area (Å²) in [5, 5.41) is 12.7. The largest absolute Gasteiger partial charge is 0.337 e. The quantitative estimate of drug-likeness (QED) is 0.847. The molecule has 2 rings (SSSR count). The smallest absolute Gasteiger partial charge is 0.253 e. The van der Waals surface area contributed by atoms with E-state index in [1.807, 2.05) is 22.9 Å². The molecule has 1 aromatic carbocycles. The summed E-state index contributed by atoms with van der Waals surface area (Å²) in [7, 11) is 1.78. The van der Waals surface area contributed by atoms with Crippen LogP contribution in [0.2, 0.25) is 0 Å². The van der Waals surface area contributed by atoms with Crippen LogP contribution in [0.15, 0.2) is 41.1 Å². The van der Waals surface area contributed by atoms with Gasteiger partial charge in [-0.05, 0) is 46.7 Å². The fourth-order valence-corrected chi connectivity index (χ4v) is 2.30. The molecule has 0 aliphatic rings. The van der Waals surface area contributed by atoms with Crippen LogP contribution < -0.4 is 0 Å². The highest BCUT2D eigenvalue weighted by Crippen LogP contribution is 2.11. The van der Waals surface area contributed by atoms with Crippen molar-refractivity contribution in [2.75, 3.05) is 7.05 Å². The van der Waals surface area contributed by atoms with Crippen LogP contribution in [0.4, 0.5) is 0 Å². The standard InChI is InChI=1S/C14H12N2OS/c1-16(9-12-6-7-18-10-12)14(17)13-4-2-11(8-15)3-5-13/h2-7,10H,9H2,1H3. The third-order valence-corrected chi connectivity index (χ3v) is 3.34. The predicted octanol–water partition coefficient (Wildman–Crippen LogP) is 2.89. The fraction of sp³-hybridized carbons (Fsp3) is 0.143. The normalized spacial score (nSPS) is 9.78. The number of benzene rings is 1. The van der Waals surface area contributed by atoms with Gasteiger partial charge in [-0.1, -0.05) is 0 Å². The maximum Gasteiger partial charge on any atom is 0.253 e. The van der Waals surface area contributed by atoms with Crippen molar-refractivity contribution in [1.29, 1.82) is 5.26 Å². The summed E-state index contributed by atoms with van der Waals surface area (Å²) in [6, 6.07) is 10.7. The van der Waals surface area contributed by atoms with Crippen molar-refractivity contribution in [2.45, 2.75) is 6.54 Å². The highest BCUT2D eigenvalue weighted by molar-refractivity contribution is 7.07. The molecular weight excluding hydrogens is 244 g/mol. The zero-order valence-corrected chi connectivity index (χ0v) is 10.8. The van der Waals surface area contributed by atoms with Gasteiger partial charge in [-0.3, -0.25) is 4.79 Å². The molecule has 0 spiro atoms. The molecule has 0 saturated carbocycles. The fourth-order valence-electron chi connectivity index (χ4n) is 1.64. The molecule has 0 radical (unpaired) electrons. The van der Waals surface area contributed by atoms with E-state index >= 15 is 0 Å². The van der Waals surface area contributed by atoms with E-state index in [4.69, 9.17) is 5.26 Å². The zero-order chi connectivity index (χ0) is 13.0. The maximum absolute atomic E-state index is 12.1. The molecule has 1 aromatic heterocycles. The molecule has 0 aliphatic heterocycles. The van der Waals surface area contributed by atoms with E-state index in [-0.39, 0.29) is 5.91 Å². The van der Waals surface area contributed by atoms with Crippen LogP contribution in [-0.4, -0.2) is 17.9 Å². The van der Waals surface area contributed by atoms with Crippen LogP contribution in [-0.2, 0) is 6.54 Å². The molecule has 90 valence electrons. The van der Waals surface area contributed by atoms with Gasteiger partial charge in [0.2, 0.25) is 0 Å². The Morgan fingerprint density at radius 1 is 1.33 bits per heavy atom. The van der Waals surface area contributed by atoms with Crippen molar-refractivity contribution in [2.24, 2.45) is 0 Å². The summed E-state index contributed by atoms with van der Waals surface area (Å²) in [4.78, 5) is 13.8. The Morgan fingerprint density at radius 2 is 2.06 bits per heavy atom. The van der Waals surface area contributed by atoms with Crippen molar-refractivity contribution < 1.29 is 4.79 Å². The number of thiophene rings is 1. The van der Waals surface area contributed by atoms with Crippen molar-refractivity contribution in [1.82, 2.24) is 4.90 Å². The first-order valence-electron chi connectivity index (χ1n) is 5.47. The minimum absolute atomic E-state index is 0.0364. The topological polar surface area (TPSA) is 44.1 Å². The summed E-state index contributed by atoms with van der Waals surface area (Å²) >= 11 is 1.62. The second-order valence-corrected chi connectivity index (χ2v) is 4.76. The Bertz CT molecular complexity index is 567. The Balaban J connectivity index is 2.08. The van der Waals surface area contributed by atoms with Crippen LogP contribution >= 0.6 is 11.3 Å². The number of hydrogen-bond acceptors (Lipinski definition) is 3. The lowest BCUT2D eigenvalue weighted by atomic mass is 10.1. The summed E-state index contributed by atoms with van der Waals surface area (Å²) in [6.07, 6.45) is 0. The Kier molecular flexibility index (Phi) is 3.75. The number of rotatable bonds is 3. The molecule has 0 N–H and O–H groups in total. The number of hydrogen-bond donors (Lipinski definition) is 0. The van der Waals surface area contributed by atoms with Crippen molar-refractivity contribution in [3.05, 3.63) is 57.8 Å². The van der Waals surface area contributed by atoms with Crippen molar-refractivity contribution >= 4 is 17.2 Å². The summed E-state index contributed by atoms with van der Waals surface area (Å²) in [5.74, 6) is -0.0364. The summed E-state index contributed by atoms with van der Waals surface area (Å²) in [6.45, 7) is 0.600. The Hall–Kier alpha value is -2.12. The lowest BCUT2D eigenvalue weighted by Gasteiger charge is -2.16. The van der Waals surface area contributed by atoms with Gasteiger partial charge in [0.1, 0.15) is 0 Å². The van der Waals surface area contributed by atoms with Crippen LogP contribution in [0.5, 0.6) is 0 Å². The van der Waals surface area contributed by atoms with E-state index in [0.29, 0.717) is 17.7 Å². The third-order valence-electron chi connectivity index (χ3n) is 2.61. The minimum Gasteiger partial charge on any atom is -0.337 e.